The molecule has 0 saturated heterocycles. The number of aliphatic hydroxyl groups is 1. The quantitative estimate of drug-likeness (QED) is 0.865. The Hall–Kier alpha value is -1.06. The highest BCUT2D eigenvalue weighted by Gasteiger charge is 2.30. The molecule has 112 valence electrons. The van der Waals surface area contributed by atoms with E-state index < -0.39 is 0 Å². The fourth-order valence-electron chi connectivity index (χ4n) is 3.04. The van der Waals surface area contributed by atoms with Crippen molar-refractivity contribution in [2.24, 2.45) is 5.92 Å². The summed E-state index contributed by atoms with van der Waals surface area (Å²) in [5.41, 5.74) is 1.10. The molecule has 1 aromatic carbocycles. The Morgan fingerprint density at radius 3 is 2.90 bits per heavy atom. The molecule has 1 aliphatic rings. The molecule has 1 aromatic rings. The largest absolute Gasteiger partial charge is 0.488 e. The molecule has 2 rings (SSSR count). The zero-order valence-corrected chi connectivity index (χ0v) is 12.5. The average Bonchev–Trinajstić information content (AvgIpc) is 2.44. The van der Waals surface area contributed by atoms with Crippen LogP contribution in [-0.4, -0.2) is 24.4 Å². The first-order valence-electron chi connectivity index (χ1n) is 7.65. The molecule has 0 bridgehead atoms. The third-order valence-electron chi connectivity index (χ3n) is 4.06. The van der Waals surface area contributed by atoms with Crippen LogP contribution in [0.25, 0.3) is 0 Å². The molecule has 3 nitrogen and oxygen atoms in total. The Bertz CT molecular complexity index is 405. The monoisotopic (exact) mass is 278 g/mol. The van der Waals surface area contributed by atoms with Gasteiger partial charge in [0.2, 0.25) is 0 Å². The number of ether oxygens (including phenoxy) is 2. The first kappa shape index (κ1) is 15.3. The summed E-state index contributed by atoms with van der Waals surface area (Å²) in [5, 5.41) is 10.1. The van der Waals surface area contributed by atoms with Gasteiger partial charge in [0, 0.05) is 7.11 Å². The van der Waals surface area contributed by atoms with E-state index in [9.17, 15) is 5.11 Å². The van der Waals surface area contributed by atoms with Gasteiger partial charge in [0.25, 0.3) is 0 Å². The van der Waals surface area contributed by atoms with Crippen molar-refractivity contribution in [3.8, 4) is 5.75 Å². The van der Waals surface area contributed by atoms with E-state index in [0.29, 0.717) is 12.5 Å². The van der Waals surface area contributed by atoms with Gasteiger partial charge in [-0.1, -0.05) is 31.9 Å². The van der Waals surface area contributed by atoms with Crippen molar-refractivity contribution in [1.82, 2.24) is 0 Å². The molecule has 3 atom stereocenters. The van der Waals surface area contributed by atoms with Crippen LogP contribution in [0.15, 0.2) is 24.3 Å². The minimum Gasteiger partial charge on any atom is -0.488 e. The molecular weight excluding hydrogens is 252 g/mol. The standard InChI is InChI=1S/C17H26O3/c1-3-5-13-8-9-16(18)17(11-13)20-15-7-4-6-14(10-15)12-19-2/h4,6-7,10,13,16-18H,3,5,8-9,11-12H2,1-2H3. The lowest BCUT2D eigenvalue weighted by molar-refractivity contribution is -0.0117. The van der Waals surface area contributed by atoms with Crippen molar-refractivity contribution in [1.29, 1.82) is 0 Å². The predicted molar refractivity (Wildman–Crippen MR) is 79.8 cm³/mol. The summed E-state index contributed by atoms with van der Waals surface area (Å²) in [4.78, 5) is 0. The molecule has 0 spiro atoms. The Morgan fingerprint density at radius 2 is 2.15 bits per heavy atom. The first-order valence-corrected chi connectivity index (χ1v) is 7.65. The zero-order chi connectivity index (χ0) is 14.4. The van der Waals surface area contributed by atoms with E-state index in [1.165, 1.54) is 12.8 Å². The van der Waals surface area contributed by atoms with Crippen molar-refractivity contribution in [3.63, 3.8) is 0 Å². The van der Waals surface area contributed by atoms with Crippen LogP contribution in [0.4, 0.5) is 0 Å². The first-order chi connectivity index (χ1) is 9.72. The van der Waals surface area contributed by atoms with Crippen molar-refractivity contribution in [2.45, 2.75) is 57.8 Å². The fourth-order valence-corrected chi connectivity index (χ4v) is 3.04. The highest BCUT2D eigenvalue weighted by atomic mass is 16.5. The Kier molecular flexibility index (Phi) is 5.86. The molecular formula is C17H26O3. The van der Waals surface area contributed by atoms with Crippen LogP contribution in [0, 0.1) is 5.92 Å². The summed E-state index contributed by atoms with van der Waals surface area (Å²) in [6.07, 6.45) is 4.97. The third kappa shape index (κ3) is 4.22. The average molecular weight is 278 g/mol. The smallest absolute Gasteiger partial charge is 0.125 e. The van der Waals surface area contributed by atoms with Gasteiger partial charge in [-0.05, 0) is 42.9 Å². The molecule has 0 amide bonds. The number of hydrogen-bond donors (Lipinski definition) is 1. The lowest BCUT2D eigenvalue weighted by Gasteiger charge is -2.33. The summed E-state index contributed by atoms with van der Waals surface area (Å²) >= 11 is 0. The third-order valence-corrected chi connectivity index (χ3v) is 4.06. The van der Waals surface area contributed by atoms with Gasteiger partial charge in [-0.3, -0.25) is 0 Å². The van der Waals surface area contributed by atoms with Gasteiger partial charge in [0.15, 0.2) is 0 Å². The minimum absolute atomic E-state index is 0.0712. The topological polar surface area (TPSA) is 38.7 Å². The zero-order valence-electron chi connectivity index (χ0n) is 12.5. The molecule has 3 unspecified atom stereocenters. The van der Waals surface area contributed by atoms with Gasteiger partial charge < -0.3 is 14.6 Å². The molecule has 1 aliphatic carbocycles. The summed E-state index contributed by atoms with van der Waals surface area (Å²) < 4.78 is 11.2. The second-order valence-corrected chi connectivity index (χ2v) is 5.77. The lowest BCUT2D eigenvalue weighted by atomic mass is 9.83. The van der Waals surface area contributed by atoms with Crippen LogP contribution >= 0.6 is 0 Å². The van der Waals surface area contributed by atoms with Gasteiger partial charge in [0.05, 0.1) is 12.7 Å². The van der Waals surface area contributed by atoms with E-state index in [0.717, 1.165) is 30.6 Å². The molecule has 0 aromatic heterocycles. The molecule has 0 heterocycles. The molecule has 20 heavy (non-hydrogen) atoms. The summed E-state index contributed by atoms with van der Waals surface area (Å²) in [7, 11) is 1.69. The number of hydrogen-bond acceptors (Lipinski definition) is 3. The molecule has 1 saturated carbocycles. The normalized spacial score (nSPS) is 26.4. The minimum atomic E-state index is -0.339. The molecule has 0 radical (unpaired) electrons. The maximum atomic E-state index is 10.1. The second kappa shape index (κ2) is 7.65. The van der Waals surface area contributed by atoms with Crippen LogP contribution in [0.3, 0.4) is 0 Å². The van der Waals surface area contributed by atoms with Crippen molar-refractivity contribution < 1.29 is 14.6 Å². The summed E-state index contributed by atoms with van der Waals surface area (Å²) in [5.74, 6) is 1.52. The van der Waals surface area contributed by atoms with E-state index in [1.807, 2.05) is 24.3 Å². The van der Waals surface area contributed by atoms with Gasteiger partial charge in [-0.25, -0.2) is 0 Å². The lowest BCUT2D eigenvalue weighted by Crippen LogP contribution is -2.38. The maximum absolute atomic E-state index is 10.1. The molecule has 1 N–H and O–H groups in total. The van der Waals surface area contributed by atoms with Crippen LogP contribution in [0.5, 0.6) is 5.75 Å². The molecule has 3 heteroatoms. The number of aliphatic hydroxyl groups excluding tert-OH is 1. The summed E-state index contributed by atoms with van der Waals surface area (Å²) in [6.45, 7) is 2.80. The fraction of sp³-hybridized carbons (Fsp3) is 0.647. The van der Waals surface area contributed by atoms with Gasteiger partial charge in [0.1, 0.15) is 11.9 Å². The van der Waals surface area contributed by atoms with Crippen LogP contribution in [0.2, 0.25) is 0 Å². The summed E-state index contributed by atoms with van der Waals surface area (Å²) in [6, 6.07) is 7.95. The van der Waals surface area contributed by atoms with E-state index >= 15 is 0 Å². The van der Waals surface area contributed by atoms with Gasteiger partial charge in [-0.2, -0.15) is 0 Å². The van der Waals surface area contributed by atoms with E-state index in [4.69, 9.17) is 9.47 Å². The van der Waals surface area contributed by atoms with Gasteiger partial charge >= 0.3 is 0 Å². The second-order valence-electron chi connectivity index (χ2n) is 5.77. The van der Waals surface area contributed by atoms with Gasteiger partial charge in [-0.15, -0.1) is 0 Å². The number of methoxy groups -OCH3 is 1. The Labute approximate surface area is 121 Å². The SMILES string of the molecule is CCCC1CCC(O)C(Oc2cccc(COC)c2)C1. The molecule has 0 aliphatic heterocycles. The van der Waals surface area contributed by atoms with E-state index in [1.54, 1.807) is 7.11 Å². The highest BCUT2D eigenvalue weighted by molar-refractivity contribution is 5.28. The van der Waals surface area contributed by atoms with Crippen molar-refractivity contribution in [3.05, 3.63) is 29.8 Å². The number of rotatable bonds is 6. The van der Waals surface area contributed by atoms with Crippen LogP contribution in [0.1, 0.15) is 44.6 Å². The van der Waals surface area contributed by atoms with Crippen LogP contribution < -0.4 is 4.74 Å². The maximum Gasteiger partial charge on any atom is 0.125 e. The number of benzene rings is 1. The van der Waals surface area contributed by atoms with E-state index in [2.05, 4.69) is 6.92 Å². The van der Waals surface area contributed by atoms with E-state index in [-0.39, 0.29) is 12.2 Å². The van der Waals surface area contributed by atoms with Crippen LogP contribution in [-0.2, 0) is 11.3 Å². The highest BCUT2D eigenvalue weighted by Crippen LogP contribution is 2.31. The van der Waals surface area contributed by atoms with Crippen molar-refractivity contribution in [2.75, 3.05) is 7.11 Å². The van der Waals surface area contributed by atoms with Crippen molar-refractivity contribution >= 4 is 0 Å². The predicted octanol–water partition coefficient (Wildman–Crippen LogP) is 3.54. The Morgan fingerprint density at radius 1 is 1.30 bits per heavy atom. The molecule has 1 fully saturated rings. The Balaban J connectivity index is 1.98.